The molecule has 0 aliphatic carbocycles. The highest BCUT2D eigenvalue weighted by Gasteiger charge is 2.52. The number of benzene rings is 2. The molecule has 142 valence electrons. The van der Waals surface area contributed by atoms with Crippen LogP contribution >= 0.6 is 0 Å². The highest BCUT2D eigenvalue weighted by atomic mass is 16.5. The number of aliphatic hydroxyl groups is 1. The van der Waals surface area contributed by atoms with E-state index in [0.717, 1.165) is 24.0 Å². The largest absolute Gasteiger partial charge is 0.374 e. The van der Waals surface area contributed by atoms with Crippen LogP contribution in [-0.2, 0) is 27.5 Å². The van der Waals surface area contributed by atoms with E-state index in [1.165, 1.54) is 0 Å². The summed E-state index contributed by atoms with van der Waals surface area (Å²) >= 11 is 0. The molecule has 2 aromatic carbocycles. The lowest BCUT2D eigenvalue weighted by atomic mass is 9.99. The second kappa shape index (κ2) is 8.21. The van der Waals surface area contributed by atoms with Crippen LogP contribution in [0.25, 0.3) is 0 Å². The maximum absolute atomic E-state index is 13.0. The summed E-state index contributed by atoms with van der Waals surface area (Å²) in [5, 5.41) is 10.3. The van der Waals surface area contributed by atoms with Crippen LogP contribution in [0.2, 0.25) is 0 Å². The third-order valence-corrected chi connectivity index (χ3v) is 5.37. The molecule has 2 saturated heterocycles. The molecule has 0 bridgehead atoms. The molecule has 1 N–H and O–H groups in total. The molecule has 2 fully saturated rings. The number of hydrogen-bond acceptors (Lipinski definition) is 4. The Morgan fingerprint density at radius 1 is 0.889 bits per heavy atom. The zero-order valence-corrected chi connectivity index (χ0v) is 15.2. The van der Waals surface area contributed by atoms with Gasteiger partial charge in [-0.2, -0.15) is 0 Å². The van der Waals surface area contributed by atoms with Crippen molar-refractivity contribution in [3.63, 3.8) is 0 Å². The van der Waals surface area contributed by atoms with Crippen molar-refractivity contribution in [3.8, 4) is 0 Å². The van der Waals surface area contributed by atoms with E-state index >= 15 is 0 Å². The summed E-state index contributed by atoms with van der Waals surface area (Å²) in [4.78, 5) is 14.5. The summed E-state index contributed by atoms with van der Waals surface area (Å²) in [5.41, 5.74) is 2.07. The van der Waals surface area contributed by atoms with Gasteiger partial charge in [-0.1, -0.05) is 60.7 Å². The maximum atomic E-state index is 13.0. The van der Waals surface area contributed by atoms with E-state index in [1.54, 1.807) is 4.90 Å². The van der Waals surface area contributed by atoms with Gasteiger partial charge in [0.05, 0.1) is 19.3 Å². The van der Waals surface area contributed by atoms with Crippen molar-refractivity contribution in [1.82, 2.24) is 4.90 Å². The number of hydrogen-bond donors (Lipinski definition) is 1. The lowest BCUT2D eigenvalue weighted by Gasteiger charge is -2.35. The van der Waals surface area contributed by atoms with Crippen LogP contribution in [0.15, 0.2) is 60.7 Å². The van der Waals surface area contributed by atoms with E-state index in [1.807, 2.05) is 60.7 Å². The Morgan fingerprint density at radius 3 is 2.11 bits per heavy atom. The Morgan fingerprint density at radius 2 is 1.48 bits per heavy atom. The average molecular weight is 367 g/mol. The molecular weight excluding hydrogens is 342 g/mol. The number of carbonyl (C=O) groups excluding carboxylic acids is 1. The minimum Gasteiger partial charge on any atom is -0.374 e. The summed E-state index contributed by atoms with van der Waals surface area (Å²) < 4.78 is 12.2. The minimum atomic E-state index is -0.746. The first-order valence-electron chi connectivity index (χ1n) is 9.55. The molecule has 0 aromatic heterocycles. The van der Waals surface area contributed by atoms with Crippen molar-refractivity contribution in [1.29, 1.82) is 0 Å². The highest BCUT2D eigenvalue weighted by molar-refractivity contribution is 5.85. The van der Waals surface area contributed by atoms with Crippen molar-refractivity contribution in [2.75, 3.05) is 0 Å². The summed E-state index contributed by atoms with van der Waals surface area (Å²) in [5.74, 6) is -0.166. The highest BCUT2D eigenvalue weighted by Crippen LogP contribution is 2.35. The van der Waals surface area contributed by atoms with Crippen molar-refractivity contribution >= 4 is 5.91 Å². The van der Waals surface area contributed by atoms with E-state index in [-0.39, 0.29) is 18.1 Å². The molecule has 1 amide bonds. The molecule has 1 unspecified atom stereocenters. The topological polar surface area (TPSA) is 59.0 Å². The fourth-order valence-electron chi connectivity index (χ4n) is 4.02. The maximum Gasteiger partial charge on any atom is 0.256 e. The molecule has 4 atom stereocenters. The Balaban J connectivity index is 1.50. The van der Waals surface area contributed by atoms with Crippen LogP contribution < -0.4 is 0 Å². The van der Waals surface area contributed by atoms with Gasteiger partial charge in [0, 0.05) is 0 Å². The molecule has 2 aliphatic heterocycles. The van der Waals surface area contributed by atoms with E-state index in [2.05, 4.69) is 0 Å². The van der Waals surface area contributed by atoms with E-state index in [9.17, 15) is 9.90 Å². The minimum absolute atomic E-state index is 0.134. The molecule has 5 nitrogen and oxygen atoms in total. The van der Waals surface area contributed by atoms with Crippen LogP contribution in [0.3, 0.4) is 0 Å². The number of rotatable bonds is 6. The molecule has 2 aliphatic rings. The smallest absolute Gasteiger partial charge is 0.256 e. The SMILES string of the molecule is O=C1[C@H](OCc2ccccc2)[C@@H](OCc2ccccc2)[C@@H]2CCCC(O)N12. The van der Waals surface area contributed by atoms with Gasteiger partial charge >= 0.3 is 0 Å². The Bertz CT molecular complexity index is 751. The normalized spacial score (nSPS) is 27.6. The number of nitrogens with zero attached hydrogens (tertiary/aromatic N) is 1. The molecule has 4 rings (SSSR count). The Labute approximate surface area is 159 Å². The first-order valence-corrected chi connectivity index (χ1v) is 9.55. The predicted molar refractivity (Wildman–Crippen MR) is 101 cm³/mol. The molecular formula is C22H25NO4. The standard InChI is InChI=1S/C22H25NO4/c24-19-13-7-12-18-20(26-14-16-8-3-1-4-9-16)21(22(25)23(18)19)27-15-17-10-5-2-6-11-17/h1-6,8-11,18-21,24H,7,12-15H2/t18-,19?,20-,21+/m0/s1. The quantitative estimate of drug-likeness (QED) is 0.853. The molecule has 0 saturated carbocycles. The third-order valence-electron chi connectivity index (χ3n) is 5.37. The lowest BCUT2D eigenvalue weighted by Crippen LogP contribution is -2.47. The number of fused-ring (bicyclic) bond motifs is 1. The van der Waals surface area contributed by atoms with Crippen molar-refractivity contribution in [3.05, 3.63) is 71.8 Å². The first kappa shape index (κ1) is 18.2. The van der Waals surface area contributed by atoms with Crippen LogP contribution in [0.4, 0.5) is 0 Å². The zero-order chi connectivity index (χ0) is 18.6. The van der Waals surface area contributed by atoms with E-state index < -0.39 is 12.3 Å². The van der Waals surface area contributed by atoms with Gasteiger partial charge in [0.15, 0.2) is 6.10 Å². The second-order valence-corrected chi connectivity index (χ2v) is 7.20. The van der Waals surface area contributed by atoms with E-state index in [0.29, 0.717) is 19.6 Å². The average Bonchev–Trinajstić information content (AvgIpc) is 2.98. The van der Waals surface area contributed by atoms with Gasteiger partial charge in [-0.3, -0.25) is 4.79 Å². The molecule has 27 heavy (non-hydrogen) atoms. The summed E-state index contributed by atoms with van der Waals surface area (Å²) in [6.07, 6.45) is 0.506. The number of aliphatic hydroxyl groups excluding tert-OH is 1. The summed E-state index contributed by atoms with van der Waals surface area (Å²) in [7, 11) is 0. The molecule has 5 heteroatoms. The van der Waals surface area contributed by atoms with Gasteiger partial charge in [-0.05, 0) is 30.4 Å². The monoisotopic (exact) mass is 367 g/mol. The van der Waals surface area contributed by atoms with Gasteiger partial charge in [0.25, 0.3) is 5.91 Å². The molecule has 0 radical (unpaired) electrons. The second-order valence-electron chi connectivity index (χ2n) is 7.20. The van der Waals surface area contributed by atoms with Gasteiger partial charge in [0.2, 0.25) is 0 Å². The Hall–Kier alpha value is -2.21. The first-order chi connectivity index (χ1) is 13.2. The summed E-state index contributed by atoms with van der Waals surface area (Å²) in [6, 6.07) is 19.6. The number of ether oxygens (including phenoxy) is 2. The van der Waals surface area contributed by atoms with E-state index in [4.69, 9.17) is 9.47 Å². The van der Waals surface area contributed by atoms with Gasteiger partial charge in [-0.25, -0.2) is 0 Å². The number of carbonyl (C=O) groups is 1. The molecule has 2 aromatic rings. The number of amides is 1. The van der Waals surface area contributed by atoms with Gasteiger partial charge in [0.1, 0.15) is 12.3 Å². The summed E-state index contributed by atoms with van der Waals surface area (Å²) in [6.45, 7) is 0.767. The predicted octanol–water partition coefficient (Wildman–Crippen LogP) is 2.87. The molecule has 0 spiro atoms. The van der Waals surface area contributed by atoms with Gasteiger partial charge < -0.3 is 19.5 Å². The lowest BCUT2D eigenvalue weighted by molar-refractivity contribution is -0.150. The fraction of sp³-hybridized carbons (Fsp3) is 0.409. The van der Waals surface area contributed by atoms with Gasteiger partial charge in [-0.15, -0.1) is 0 Å². The molecule has 2 heterocycles. The van der Waals surface area contributed by atoms with Crippen molar-refractivity contribution < 1.29 is 19.4 Å². The fourth-order valence-corrected chi connectivity index (χ4v) is 4.02. The number of piperidine rings is 1. The van der Waals surface area contributed by atoms with Crippen molar-refractivity contribution in [2.45, 2.75) is 57.0 Å². The van der Waals surface area contributed by atoms with Crippen molar-refractivity contribution in [2.24, 2.45) is 0 Å². The zero-order valence-electron chi connectivity index (χ0n) is 15.2. The van der Waals surface area contributed by atoms with Crippen LogP contribution in [0.1, 0.15) is 30.4 Å². The van der Waals surface area contributed by atoms with Crippen LogP contribution in [0.5, 0.6) is 0 Å². The third kappa shape index (κ3) is 3.90. The van der Waals surface area contributed by atoms with Crippen LogP contribution in [0, 0.1) is 0 Å². The van der Waals surface area contributed by atoms with Crippen LogP contribution in [-0.4, -0.2) is 40.4 Å². The Kier molecular flexibility index (Phi) is 5.53.